The van der Waals surface area contributed by atoms with Crippen molar-refractivity contribution in [1.82, 2.24) is 10.2 Å². The smallest absolute Gasteiger partial charge is 0.407 e. The summed E-state index contributed by atoms with van der Waals surface area (Å²) in [6.07, 6.45) is 0.470. The average Bonchev–Trinajstić information content (AvgIpc) is 2.73. The lowest BCUT2D eigenvalue weighted by Crippen LogP contribution is -2.36. The molecule has 1 rings (SSSR count). The molecule has 5 heteroatoms. The summed E-state index contributed by atoms with van der Waals surface area (Å²) in [4.78, 5) is 24.8. The lowest BCUT2D eigenvalue weighted by molar-refractivity contribution is -0.124. The van der Waals surface area contributed by atoms with Crippen LogP contribution in [0.15, 0.2) is 0 Å². The standard InChI is InChI=1S/C14H22N2O3/c1-5-6-12(17)16-8-7-11(10-16)9-15-13(18)19-14(2,3)4/h11H,7-10H2,1-4H3,(H,15,18)/t11-/m0/s1. The van der Waals surface area contributed by atoms with Gasteiger partial charge in [-0.05, 0) is 46.0 Å². The quantitative estimate of drug-likeness (QED) is 0.768. The van der Waals surface area contributed by atoms with E-state index in [1.807, 2.05) is 20.8 Å². The van der Waals surface area contributed by atoms with Gasteiger partial charge in [0.05, 0.1) is 0 Å². The number of alkyl carbamates (subject to hydrolysis) is 1. The zero-order valence-electron chi connectivity index (χ0n) is 12.1. The number of hydrogen-bond donors (Lipinski definition) is 1. The van der Waals surface area contributed by atoms with E-state index >= 15 is 0 Å². The number of ether oxygens (including phenoxy) is 1. The molecule has 1 aliphatic rings. The van der Waals surface area contributed by atoms with Crippen LogP contribution in [0.25, 0.3) is 0 Å². The first-order valence-corrected chi connectivity index (χ1v) is 6.50. The van der Waals surface area contributed by atoms with Crippen LogP contribution in [0.1, 0.15) is 34.1 Å². The highest BCUT2D eigenvalue weighted by Gasteiger charge is 2.26. The van der Waals surface area contributed by atoms with Crippen LogP contribution < -0.4 is 5.32 Å². The second-order valence-electron chi connectivity index (χ2n) is 5.66. The van der Waals surface area contributed by atoms with Crippen molar-refractivity contribution < 1.29 is 14.3 Å². The molecule has 2 amide bonds. The Balaban J connectivity index is 2.31. The van der Waals surface area contributed by atoms with Gasteiger partial charge in [0.25, 0.3) is 5.91 Å². The van der Waals surface area contributed by atoms with Gasteiger partial charge in [-0.25, -0.2) is 4.79 Å². The number of carbonyl (C=O) groups is 2. The lowest BCUT2D eigenvalue weighted by atomic mass is 10.1. The molecule has 1 atom stereocenters. The molecule has 19 heavy (non-hydrogen) atoms. The third-order valence-corrected chi connectivity index (χ3v) is 2.74. The maximum atomic E-state index is 11.6. The van der Waals surface area contributed by atoms with Crippen LogP contribution in [0.4, 0.5) is 4.79 Å². The molecule has 1 fully saturated rings. The van der Waals surface area contributed by atoms with Gasteiger partial charge in [0, 0.05) is 19.6 Å². The highest BCUT2D eigenvalue weighted by Crippen LogP contribution is 2.15. The Morgan fingerprint density at radius 1 is 1.42 bits per heavy atom. The minimum absolute atomic E-state index is 0.137. The molecule has 0 aromatic heterocycles. The van der Waals surface area contributed by atoms with Gasteiger partial charge in [0.2, 0.25) is 0 Å². The minimum atomic E-state index is -0.488. The molecule has 1 saturated heterocycles. The van der Waals surface area contributed by atoms with Crippen molar-refractivity contribution in [3.8, 4) is 11.8 Å². The molecule has 1 N–H and O–H groups in total. The Morgan fingerprint density at radius 2 is 2.11 bits per heavy atom. The van der Waals surface area contributed by atoms with Crippen molar-refractivity contribution in [2.24, 2.45) is 5.92 Å². The van der Waals surface area contributed by atoms with Gasteiger partial charge in [-0.15, -0.1) is 0 Å². The first kappa shape index (κ1) is 15.4. The summed E-state index contributed by atoms with van der Waals surface area (Å²) in [5.41, 5.74) is -0.488. The number of carbonyl (C=O) groups excluding carboxylic acids is 2. The molecular formula is C14H22N2O3. The van der Waals surface area contributed by atoms with Crippen molar-refractivity contribution in [2.45, 2.75) is 39.7 Å². The van der Waals surface area contributed by atoms with Gasteiger partial charge in [-0.3, -0.25) is 4.79 Å². The Morgan fingerprint density at radius 3 is 2.68 bits per heavy atom. The minimum Gasteiger partial charge on any atom is -0.444 e. The number of likely N-dealkylation sites (tertiary alicyclic amines) is 1. The van der Waals surface area contributed by atoms with Crippen LogP contribution >= 0.6 is 0 Å². The predicted molar refractivity (Wildman–Crippen MR) is 72.4 cm³/mol. The molecule has 0 radical (unpaired) electrons. The second-order valence-corrected chi connectivity index (χ2v) is 5.66. The van der Waals surface area contributed by atoms with E-state index in [4.69, 9.17) is 4.74 Å². The van der Waals surface area contributed by atoms with E-state index in [0.717, 1.165) is 6.42 Å². The van der Waals surface area contributed by atoms with E-state index < -0.39 is 11.7 Å². The van der Waals surface area contributed by atoms with Crippen molar-refractivity contribution in [3.05, 3.63) is 0 Å². The van der Waals surface area contributed by atoms with E-state index in [-0.39, 0.29) is 11.8 Å². The summed E-state index contributed by atoms with van der Waals surface area (Å²) in [6, 6.07) is 0. The Kier molecular flexibility index (Phi) is 5.22. The van der Waals surface area contributed by atoms with Crippen LogP contribution in [0.2, 0.25) is 0 Å². The zero-order chi connectivity index (χ0) is 14.5. The Labute approximate surface area is 114 Å². The summed E-state index contributed by atoms with van der Waals surface area (Å²) in [6.45, 7) is 9.00. The van der Waals surface area contributed by atoms with Crippen LogP contribution in [0, 0.1) is 17.8 Å². The molecule has 0 unspecified atom stereocenters. The molecule has 0 aliphatic carbocycles. The van der Waals surface area contributed by atoms with Crippen molar-refractivity contribution >= 4 is 12.0 Å². The molecule has 0 spiro atoms. The van der Waals surface area contributed by atoms with E-state index in [2.05, 4.69) is 17.2 Å². The van der Waals surface area contributed by atoms with E-state index in [1.54, 1.807) is 11.8 Å². The number of nitrogens with zero attached hydrogens (tertiary/aromatic N) is 1. The first-order chi connectivity index (χ1) is 8.81. The monoisotopic (exact) mass is 266 g/mol. The van der Waals surface area contributed by atoms with Crippen molar-refractivity contribution in [3.63, 3.8) is 0 Å². The molecule has 0 aromatic carbocycles. The Bertz CT molecular complexity index is 401. The number of hydrogen-bond acceptors (Lipinski definition) is 3. The molecule has 5 nitrogen and oxygen atoms in total. The molecule has 106 valence electrons. The highest BCUT2D eigenvalue weighted by molar-refractivity contribution is 5.93. The van der Waals surface area contributed by atoms with Gasteiger partial charge in [-0.2, -0.15) is 0 Å². The molecule has 1 heterocycles. The summed E-state index contributed by atoms with van der Waals surface area (Å²) in [5.74, 6) is 5.27. The van der Waals surface area contributed by atoms with Gasteiger partial charge in [-0.1, -0.05) is 5.92 Å². The Hall–Kier alpha value is -1.70. The highest BCUT2D eigenvalue weighted by atomic mass is 16.6. The zero-order valence-corrected chi connectivity index (χ0v) is 12.1. The van der Waals surface area contributed by atoms with Crippen LogP contribution in [-0.4, -0.2) is 42.1 Å². The number of nitrogens with one attached hydrogen (secondary N) is 1. The summed E-state index contributed by atoms with van der Waals surface area (Å²) < 4.78 is 5.16. The van der Waals surface area contributed by atoms with Crippen molar-refractivity contribution in [2.75, 3.05) is 19.6 Å². The van der Waals surface area contributed by atoms with E-state index in [1.165, 1.54) is 0 Å². The maximum absolute atomic E-state index is 11.6. The molecule has 0 bridgehead atoms. The fourth-order valence-electron chi connectivity index (χ4n) is 1.91. The predicted octanol–water partition coefficient (Wildman–Crippen LogP) is 1.38. The summed E-state index contributed by atoms with van der Waals surface area (Å²) in [5, 5.41) is 2.74. The molecule has 1 aliphatic heterocycles. The van der Waals surface area contributed by atoms with Crippen LogP contribution in [0.3, 0.4) is 0 Å². The van der Waals surface area contributed by atoms with Crippen LogP contribution in [-0.2, 0) is 9.53 Å². The molecular weight excluding hydrogens is 244 g/mol. The van der Waals surface area contributed by atoms with Crippen molar-refractivity contribution in [1.29, 1.82) is 0 Å². The summed E-state index contributed by atoms with van der Waals surface area (Å²) >= 11 is 0. The second kappa shape index (κ2) is 6.46. The largest absolute Gasteiger partial charge is 0.444 e. The maximum Gasteiger partial charge on any atom is 0.407 e. The van der Waals surface area contributed by atoms with Crippen LogP contribution in [0.5, 0.6) is 0 Å². The van der Waals surface area contributed by atoms with E-state index in [0.29, 0.717) is 19.6 Å². The molecule has 0 saturated carbocycles. The number of rotatable bonds is 2. The number of amides is 2. The summed E-state index contributed by atoms with van der Waals surface area (Å²) in [7, 11) is 0. The third kappa shape index (κ3) is 5.64. The first-order valence-electron chi connectivity index (χ1n) is 6.50. The molecule has 0 aromatic rings. The van der Waals surface area contributed by atoms with Gasteiger partial charge >= 0.3 is 6.09 Å². The van der Waals surface area contributed by atoms with Gasteiger partial charge in [0.1, 0.15) is 5.60 Å². The lowest BCUT2D eigenvalue weighted by Gasteiger charge is -2.20. The topological polar surface area (TPSA) is 58.6 Å². The normalized spacial score (nSPS) is 18.5. The van der Waals surface area contributed by atoms with E-state index in [9.17, 15) is 9.59 Å². The fourth-order valence-corrected chi connectivity index (χ4v) is 1.91. The fraction of sp³-hybridized carbons (Fsp3) is 0.714. The SMILES string of the molecule is CC#CC(=O)N1CC[C@@H](CNC(=O)OC(C)(C)C)C1. The average molecular weight is 266 g/mol. The van der Waals surface area contributed by atoms with Gasteiger partial charge in [0.15, 0.2) is 0 Å². The van der Waals surface area contributed by atoms with Gasteiger partial charge < -0.3 is 15.0 Å². The third-order valence-electron chi connectivity index (χ3n) is 2.74.